The third-order valence-electron chi connectivity index (χ3n) is 3.35. The summed E-state index contributed by atoms with van der Waals surface area (Å²) in [6, 6.07) is 12.5. The molecule has 1 N–H and O–H groups in total. The lowest BCUT2D eigenvalue weighted by molar-refractivity contribution is -0.119. The predicted octanol–water partition coefficient (Wildman–Crippen LogP) is 3.19. The third-order valence-corrected chi connectivity index (χ3v) is 3.47. The van der Waals surface area contributed by atoms with Gasteiger partial charge >= 0.3 is 0 Å². The highest BCUT2D eigenvalue weighted by atomic mass is 32.1. The molecule has 2 amide bonds. The number of nitrogens with one attached hydrogen (secondary N) is 1. The average Bonchev–Trinajstić information content (AvgIpc) is 2.58. The number of rotatable bonds is 7. The molecule has 0 radical (unpaired) electrons. The summed E-state index contributed by atoms with van der Waals surface area (Å²) in [5.41, 5.74) is 0.860. The molecule has 2 aromatic rings. The van der Waals surface area contributed by atoms with Crippen LogP contribution < -0.4 is 10.1 Å². The molecule has 2 aromatic carbocycles. The molecule has 0 aliphatic carbocycles. The summed E-state index contributed by atoms with van der Waals surface area (Å²) in [5.74, 6) is -0.973. The molecule has 25 heavy (non-hydrogen) atoms. The van der Waals surface area contributed by atoms with Crippen molar-refractivity contribution in [2.45, 2.75) is 12.8 Å². The first-order chi connectivity index (χ1) is 12.0. The van der Waals surface area contributed by atoms with Crippen LogP contribution in [0.2, 0.25) is 0 Å². The SMILES string of the molecule is O=C(S)NC(=O)CCc1ccc(OCC(=O)c2ccccc2F)cc1. The van der Waals surface area contributed by atoms with E-state index in [1.54, 1.807) is 30.3 Å². The van der Waals surface area contributed by atoms with Gasteiger partial charge in [-0.25, -0.2) is 4.39 Å². The minimum absolute atomic E-state index is 0.0103. The summed E-state index contributed by atoms with van der Waals surface area (Å²) in [6.07, 6.45) is 0.597. The Kier molecular flexibility index (Phi) is 6.71. The van der Waals surface area contributed by atoms with Crippen molar-refractivity contribution in [3.8, 4) is 5.75 Å². The number of hydrogen-bond acceptors (Lipinski definition) is 4. The number of carbonyl (C=O) groups is 3. The van der Waals surface area contributed by atoms with Crippen molar-refractivity contribution >= 4 is 29.6 Å². The highest BCUT2D eigenvalue weighted by molar-refractivity contribution is 7.96. The molecule has 0 atom stereocenters. The molecule has 0 aliphatic rings. The molecular formula is C18H16FNO4S. The molecular weight excluding hydrogens is 345 g/mol. The fourth-order valence-corrected chi connectivity index (χ4v) is 2.23. The maximum Gasteiger partial charge on any atom is 0.282 e. The maximum atomic E-state index is 13.5. The number of halogens is 1. The number of ketones is 1. The molecule has 0 spiro atoms. The van der Waals surface area contributed by atoms with Crippen LogP contribution in [0.4, 0.5) is 9.18 Å². The topological polar surface area (TPSA) is 72.5 Å². The van der Waals surface area contributed by atoms with Crippen LogP contribution in [-0.4, -0.2) is 23.5 Å². The Balaban J connectivity index is 1.84. The largest absolute Gasteiger partial charge is 0.485 e. The molecule has 0 heterocycles. The number of imide groups is 1. The number of hydrogen-bond donors (Lipinski definition) is 2. The number of carbonyl (C=O) groups excluding carboxylic acids is 3. The van der Waals surface area contributed by atoms with Gasteiger partial charge in [0, 0.05) is 6.42 Å². The molecule has 0 unspecified atom stereocenters. The Hall–Kier alpha value is -2.67. The van der Waals surface area contributed by atoms with E-state index in [9.17, 15) is 18.8 Å². The quantitative estimate of drug-likeness (QED) is 0.587. The first-order valence-corrected chi connectivity index (χ1v) is 7.92. The van der Waals surface area contributed by atoms with Gasteiger partial charge in [-0.1, -0.05) is 36.9 Å². The van der Waals surface area contributed by atoms with E-state index >= 15 is 0 Å². The molecule has 0 aliphatic heterocycles. The van der Waals surface area contributed by atoms with Gasteiger partial charge in [-0.15, -0.1) is 0 Å². The normalized spacial score (nSPS) is 10.2. The smallest absolute Gasteiger partial charge is 0.282 e. The summed E-state index contributed by atoms with van der Waals surface area (Å²) in [7, 11) is 0. The van der Waals surface area contributed by atoms with E-state index in [-0.39, 0.29) is 18.6 Å². The maximum absolute atomic E-state index is 13.5. The zero-order chi connectivity index (χ0) is 18.2. The zero-order valence-corrected chi connectivity index (χ0v) is 14.1. The monoisotopic (exact) mass is 361 g/mol. The van der Waals surface area contributed by atoms with Gasteiger partial charge in [0.05, 0.1) is 5.56 Å². The molecule has 5 nitrogen and oxygen atoms in total. The van der Waals surface area contributed by atoms with Crippen molar-refractivity contribution in [1.29, 1.82) is 0 Å². The molecule has 0 saturated heterocycles. The minimum atomic E-state index is -0.687. The van der Waals surface area contributed by atoms with Gasteiger partial charge in [-0.3, -0.25) is 19.7 Å². The predicted molar refractivity (Wildman–Crippen MR) is 93.5 cm³/mol. The second kappa shape index (κ2) is 8.98. The van der Waals surface area contributed by atoms with E-state index in [0.29, 0.717) is 12.2 Å². The minimum Gasteiger partial charge on any atom is -0.485 e. The van der Waals surface area contributed by atoms with E-state index in [1.165, 1.54) is 18.2 Å². The summed E-state index contributed by atoms with van der Waals surface area (Å²) in [6.45, 7) is -0.271. The lowest BCUT2D eigenvalue weighted by Crippen LogP contribution is -2.25. The van der Waals surface area contributed by atoms with Crippen LogP contribution in [-0.2, 0) is 11.2 Å². The van der Waals surface area contributed by atoms with Crippen LogP contribution >= 0.6 is 12.6 Å². The lowest BCUT2D eigenvalue weighted by Gasteiger charge is -2.07. The van der Waals surface area contributed by atoms with Crippen LogP contribution in [0.25, 0.3) is 0 Å². The van der Waals surface area contributed by atoms with Crippen LogP contribution in [0.3, 0.4) is 0 Å². The van der Waals surface area contributed by atoms with Gasteiger partial charge in [0.2, 0.25) is 11.7 Å². The first kappa shape index (κ1) is 18.7. The molecule has 130 valence electrons. The summed E-state index contributed by atoms with van der Waals surface area (Å²) in [5, 5.41) is 1.38. The third kappa shape index (κ3) is 6.04. The van der Waals surface area contributed by atoms with E-state index in [1.807, 2.05) is 0 Å². The van der Waals surface area contributed by atoms with Gasteiger partial charge in [-0.05, 0) is 36.2 Å². The first-order valence-electron chi connectivity index (χ1n) is 7.48. The van der Waals surface area contributed by atoms with Crippen molar-refractivity contribution < 1.29 is 23.5 Å². The number of Topliss-reactive ketones (excluding diaryl/α,β-unsaturated/α-hetero) is 1. The van der Waals surface area contributed by atoms with Crippen LogP contribution in [0.15, 0.2) is 48.5 Å². The lowest BCUT2D eigenvalue weighted by atomic mass is 10.1. The van der Waals surface area contributed by atoms with E-state index in [2.05, 4.69) is 17.9 Å². The van der Waals surface area contributed by atoms with Gasteiger partial charge in [-0.2, -0.15) is 0 Å². The van der Waals surface area contributed by atoms with Crippen molar-refractivity contribution in [2.24, 2.45) is 0 Å². The number of thiol groups is 1. The standard InChI is InChI=1S/C18H16FNO4S/c19-15-4-2-1-3-14(15)16(21)11-24-13-8-5-12(6-9-13)7-10-17(22)20-18(23)25/h1-6,8-9H,7,10-11H2,(H2,20,22,23,25). The highest BCUT2D eigenvalue weighted by Gasteiger charge is 2.11. The van der Waals surface area contributed by atoms with Crippen LogP contribution in [0.1, 0.15) is 22.3 Å². The van der Waals surface area contributed by atoms with Crippen molar-refractivity contribution in [3.05, 3.63) is 65.5 Å². The number of benzene rings is 2. The Morgan fingerprint density at radius 1 is 1.04 bits per heavy atom. The molecule has 0 aromatic heterocycles. The van der Waals surface area contributed by atoms with Crippen molar-refractivity contribution in [3.63, 3.8) is 0 Å². The average molecular weight is 361 g/mol. The summed E-state index contributed by atoms with van der Waals surface area (Å²) < 4.78 is 18.9. The molecule has 0 bridgehead atoms. The second-order valence-electron chi connectivity index (χ2n) is 5.19. The number of aryl methyl sites for hydroxylation is 1. The van der Waals surface area contributed by atoms with Crippen molar-refractivity contribution in [2.75, 3.05) is 6.61 Å². The number of ether oxygens (including phenoxy) is 1. The molecule has 7 heteroatoms. The Labute approximate surface area is 149 Å². The van der Waals surface area contributed by atoms with Gasteiger partial charge in [0.1, 0.15) is 11.6 Å². The van der Waals surface area contributed by atoms with E-state index < -0.39 is 22.7 Å². The molecule has 0 fully saturated rings. The Morgan fingerprint density at radius 3 is 2.36 bits per heavy atom. The highest BCUT2D eigenvalue weighted by Crippen LogP contribution is 2.15. The molecule has 0 saturated carbocycles. The fourth-order valence-electron chi connectivity index (χ4n) is 2.11. The van der Waals surface area contributed by atoms with Crippen molar-refractivity contribution in [1.82, 2.24) is 5.32 Å². The summed E-state index contributed by atoms with van der Waals surface area (Å²) >= 11 is 3.47. The molecule has 2 rings (SSSR count). The van der Waals surface area contributed by atoms with E-state index in [4.69, 9.17) is 4.74 Å². The Morgan fingerprint density at radius 2 is 1.72 bits per heavy atom. The number of amides is 2. The second-order valence-corrected chi connectivity index (χ2v) is 5.60. The Bertz CT molecular complexity index is 777. The van der Waals surface area contributed by atoms with Crippen LogP contribution in [0.5, 0.6) is 5.75 Å². The fraction of sp³-hybridized carbons (Fsp3) is 0.167. The van der Waals surface area contributed by atoms with E-state index in [0.717, 1.165) is 5.56 Å². The zero-order valence-electron chi connectivity index (χ0n) is 13.2. The van der Waals surface area contributed by atoms with Gasteiger partial charge in [0.15, 0.2) is 6.61 Å². The van der Waals surface area contributed by atoms with Gasteiger partial charge in [0.25, 0.3) is 5.24 Å². The summed E-state index contributed by atoms with van der Waals surface area (Å²) in [4.78, 5) is 33.9. The van der Waals surface area contributed by atoms with Crippen LogP contribution in [0, 0.1) is 5.82 Å². The van der Waals surface area contributed by atoms with Gasteiger partial charge < -0.3 is 4.74 Å².